The van der Waals surface area contributed by atoms with E-state index in [0.717, 1.165) is 48.4 Å². The maximum Gasteiger partial charge on any atom is 0.228 e. The predicted molar refractivity (Wildman–Crippen MR) is 92.3 cm³/mol. The van der Waals surface area contributed by atoms with Crippen molar-refractivity contribution >= 4 is 38.7 Å². The third-order valence-electron chi connectivity index (χ3n) is 4.01. The lowest BCUT2D eigenvalue weighted by Crippen LogP contribution is -2.36. The number of hydrogen-bond donors (Lipinski definition) is 0. The highest BCUT2D eigenvalue weighted by atomic mass is 32.1. The van der Waals surface area contributed by atoms with Crippen molar-refractivity contribution in [1.82, 2.24) is 19.3 Å². The van der Waals surface area contributed by atoms with Crippen LogP contribution >= 0.6 is 22.7 Å². The molecular weight excluding hydrogens is 330 g/mol. The van der Waals surface area contributed by atoms with Crippen LogP contribution in [0.15, 0.2) is 29.4 Å². The summed E-state index contributed by atoms with van der Waals surface area (Å²) in [6.07, 6.45) is 7.11. The molecule has 0 radical (unpaired) electrons. The SMILES string of the molecule is O=C(Cc1cn2ccsc2n1)N1CCCN(c2nccs2)CC1. The zero-order chi connectivity index (χ0) is 15.6. The second kappa shape index (κ2) is 6.29. The van der Waals surface area contributed by atoms with E-state index in [-0.39, 0.29) is 5.91 Å². The number of hydrogen-bond acceptors (Lipinski definition) is 6. The zero-order valence-electron chi connectivity index (χ0n) is 12.6. The Morgan fingerprint density at radius 2 is 2.13 bits per heavy atom. The first-order valence-corrected chi connectivity index (χ1v) is 9.39. The van der Waals surface area contributed by atoms with Crippen LogP contribution in [0.3, 0.4) is 0 Å². The van der Waals surface area contributed by atoms with Gasteiger partial charge in [0.05, 0.1) is 12.1 Å². The van der Waals surface area contributed by atoms with Crippen molar-refractivity contribution in [3.8, 4) is 0 Å². The summed E-state index contributed by atoms with van der Waals surface area (Å²) in [6.45, 7) is 3.36. The number of imidazole rings is 1. The molecule has 23 heavy (non-hydrogen) atoms. The summed E-state index contributed by atoms with van der Waals surface area (Å²) in [4.78, 5) is 26.6. The largest absolute Gasteiger partial charge is 0.346 e. The Morgan fingerprint density at radius 1 is 1.17 bits per heavy atom. The molecule has 4 heterocycles. The van der Waals surface area contributed by atoms with Crippen LogP contribution in [0.4, 0.5) is 5.13 Å². The smallest absolute Gasteiger partial charge is 0.228 e. The van der Waals surface area contributed by atoms with Crippen LogP contribution in [-0.2, 0) is 11.2 Å². The third-order valence-corrected chi connectivity index (χ3v) is 5.62. The summed E-state index contributed by atoms with van der Waals surface area (Å²) in [5.74, 6) is 0.164. The van der Waals surface area contributed by atoms with Gasteiger partial charge >= 0.3 is 0 Å². The number of carbonyl (C=O) groups is 1. The number of carbonyl (C=O) groups excluding carboxylic acids is 1. The lowest BCUT2D eigenvalue weighted by molar-refractivity contribution is -0.130. The van der Waals surface area contributed by atoms with E-state index in [4.69, 9.17) is 0 Å². The van der Waals surface area contributed by atoms with Crippen molar-refractivity contribution in [2.45, 2.75) is 12.8 Å². The minimum atomic E-state index is 0.164. The summed E-state index contributed by atoms with van der Waals surface area (Å²) in [7, 11) is 0. The van der Waals surface area contributed by atoms with E-state index in [1.54, 1.807) is 22.7 Å². The summed E-state index contributed by atoms with van der Waals surface area (Å²) in [5, 5.41) is 5.04. The molecule has 1 aliphatic rings. The first kappa shape index (κ1) is 14.6. The minimum Gasteiger partial charge on any atom is -0.346 e. The molecule has 0 aliphatic carbocycles. The van der Waals surface area contributed by atoms with E-state index in [1.165, 1.54) is 0 Å². The quantitative estimate of drug-likeness (QED) is 0.728. The highest BCUT2D eigenvalue weighted by molar-refractivity contribution is 7.15. The van der Waals surface area contributed by atoms with Crippen LogP contribution in [0.1, 0.15) is 12.1 Å². The molecule has 3 aromatic heterocycles. The van der Waals surface area contributed by atoms with Gasteiger partial charge in [0.1, 0.15) is 0 Å². The Kier molecular flexibility index (Phi) is 4.00. The fourth-order valence-corrected chi connectivity index (χ4v) is 4.27. The van der Waals surface area contributed by atoms with E-state index in [2.05, 4.69) is 14.9 Å². The van der Waals surface area contributed by atoms with Crippen LogP contribution in [0.2, 0.25) is 0 Å². The Bertz CT molecular complexity index is 765. The van der Waals surface area contributed by atoms with Crippen molar-refractivity contribution in [2.75, 3.05) is 31.1 Å². The van der Waals surface area contributed by atoms with Gasteiger partial charge in [-0.2, -0.15) is 0 Å². The molecule has 0 atom stereocenters. The van der Waals surface area contributed by atoms with Crippen molar-refractivity contribution in [2.24, 2.45) is 0 Å². The van der Waals surface area contributed by atoms with Gasteiger partial charge in [0.25, 0.3) is 0 Å². The molecule has 0 N–H and O–H groups in total. The monoisotopic (exact) mass is 347 g/mol. The molecule has 1 aliphatic heterocycles. The second-order valence-electron chi connectivity index (χ2n) is 5.54. The number of nitrogens with zero attached hydrogens (tertiary/aromatic N) is 5. The molecule has 1 saturated heterocycles. The number of anilines is 1. The van der Waals surface area contributed by atoms with Gasteiger partial charge in [-0.15, -0.1) is 22.7 Å². The molecule has 1 fully saturated rings. The molecule has 0 spiro atoms. The van der Waals surface area contributed by atoms with Crippen LogP contribution in [0.5, 0.6) is 0 Å². The predicted octanol–water partition coefficient (Wildman–Crippen LogP) is 2.13. The first-order chi connectivity index (χ1) is 11.3. The maximum absolute atomic E-state index is 12.6. The van der Waals surface area contributed by atoms with Gasteiger partial charge in [-0.25, -0.2) is 9.97 Å². The molecule has 3 aromatic rings. The lowest BCUT2D eigenvalue weighted by Gasteiger charge is -2.21. The van der Waals surface area contributed by atoms with E-state index >= 15 is 0 Å². The second-order valence-corrected chi connectivity index (χ2v) is 7.28. The number of fused-ring (bicyclic) bond motifs is 1. The van der Waals surface area contributed by atoms with Gasteiger partial charge in [-0.05, 0) is 6.42 Å². The van der Waals surface area contributed by atoms with Gasteiger partial charge in [-0.3, -0.25) is 9.20 Å². The summed E-state index contributed by atoms with van der Waals surface area (Å²) >= 11 is 3.24. The average Bonchev–Trinajstić information content (AvgIpc) is 3.22. The molecule has 0 saturated carbocycles. The number of rotatable bonds is 3. The molecule has 120 valence electrons. The van der Waals surface area contributed by atoms with E-state index in [9.17, 15) is 4.79 Å². The summed E-state index contributed by atoms with van der Waals surface area (Å²) < 4.78 is 1.97. The Labute approximate surface area is 142 Å². The molecule has 4 rings (SSSR count). The highest BCUT2D eigenvalue weighted by Crippen LogP contribution is 2.19. The Morgan fingerprint density at radius 3 is 2.96 bits per heavy atom. The topological polar surface area (TPSA) is 53.7 Å². The Balaban J connectivity index is 1.39. The van der Waals surface area contributed by atoms with Gasteiger partial charge in [-0.1, -0.05) is 0 Å². The zero-order valence-corrected chi connectivity index (χ0v) is 14.2. The van der Waals surface area contributed by atoms with Crippen molar-refractivity contribution in [3.05, 3.63) is 35.0 Å². The summed E-state index contributed by atoms with van der Waals surface area (Å²) in [6, 6.07) is 0. The van der Waals surface area contributed by atoms with Gasteiger partial charge < -0.3 is 9.80 Å². The molecule has 0 aromatic carbocycles. The van der Waals surface area contributed by atoms with Crippen LogP contribution in [-0.4, -0.2) is 51.4 Å². The molecule has 1 amide bonds. The van der Waals surface area contributed by atoms with Crippen LogP contribution < -0.4 is 4.90 Å². The van der Waals surface area contributed by atoms with Gasteiger partial charge in [0, 0.05) is 55.5 Å². The van der Waals surface area contributed by atoms with Crippen LogP contribution in [0, 0.1) is 0 Å². The van der Waals surface area contributed by atoms with Crippen molar-refractivity contribution in [3.63, 3.8) is 0 Å². The van der Waals surface area contributed by atoms with Gasteiger partial charge in [0.2, 0.25) is 5.91 Å². The minimum absolute atomic E-state index is 0.164. The van der Waals surface area contributed by atoms with E-state index in [1.807, 2.05) is 38.7 Å². The number of amides is 1. The fourth-order valence-electron chi connectivity index (χ4n) is 2.86. The molecule has 8 heteroatoms. The standard InChI is InChI=1S/C15H17N5OS2/c21-13(10-12-11-20-7-9-23-15(20)17-12)18-3-1-4-19(6-5-18)14-16-2-8-22-14/h2,7-9,11H,1,3-6,10H2. The first-order valence-electron chi connectivity index (χ1n) is 7.63. The average molecular weight is 347 g/mol. The molecule has 0 unspecified atom stereocenters. The normalized spacial score (nSPS) is 16.0. The Hall–Kier alpha value is -1.93. The molecule has 0 bridgehead atoms. The third kappa shape index (κ3) is 3.09. The number of thiazole rings is 2. The van der Waals surface area contributed by atoms with E-state index in [0.29, 0.717) is 6.42 Å². The highest BCUT2D eigenvalue weighted by Gasteiger charge is 2.21. The van der Waals surface area contributed by atoms with E-state index < -0.39 is 0 Å². The lowest BCUT2D eigenvalue weighted by atomic mass is 10.3. The summed E-state index contributed by atoms with van der Waals surface area (Å²) in [5.41, 5.74) is 0.850. The molecular formula is C15H17N5OS2. The van der Waals surface area contributed by atoms with Gasteiger partial charge in [0.15, 0.2) is 10.1 Å². The maximum atomic E-state index is 12.6. The van der Waals surface area contributed by atoms with Crippen LogP contribution in [0.25, 0.3) is 4.96 Å². The number of aromatic nitrogens is 3. The van der Waals surface area contributed by atoms with Crippen molar-refractivity contribution in [1.29, 1.82) is 0 Å². The fraction of sp³-hybridized carbons (Fsp3) is 0.400. The molecule has 6 nitrogen and oxygen atoms in total. The van der Waals surface area contributed by atoms with Crippen molar-refractivity contribution < 1.29 is 4.79 Å².